The zero-order valence-corrected chi connectivity index (χ0v) is 19.2. The minimum atomic E-state index is -0.298. The summed E-state index contributed by atoms with van der Waals surface area (Å²) in [6.45, 7) is 4.64. The molecule has 32 heavy (non-hydrogen) atoms. The van der Waals surface area contributed by atoms with Crippen LogP contribution in [0.3, 0.4) is 0 Å². The van der Waals surface area contributed by atoms with Crippen molar-refractivity contribution < 1.29 is 14.3 Å². The summed E-state index contributed by atoms with van der Waals surface area (Å²) < 4.78 is 11.6. The Morgan fingerprint density at radius 2 is 1.72 bits per heavy atom. The number of hydrogen-bond acceptors (Lipinski definition) is 4. The number of nitrogens with one attached hydrogen (secondary N) is 2. The first-order valence-corrected chi connectivity index (χ1v) is 11.1. The van der Waals surface area contributed by atoms with Crippen LogP contribution in [0, 0.1) is 0 Å². The molecule has 0 aliphatic carbocycles. The lowest BCUT2D eigenvalue weighted by Crippen LogP contribution is -2.34. The molecule has 0 spiro atoms. The highest BCUT2D eigenvalue weighted by Gasteiger charge is 2.10. The molecule has 2 N–H and O–H groups in total. The zero-order valence-electron chi connectivity index (χ0n) is 18.3. The molecule has 0 aliphatic rings. The average molecular weight is 449 g/mol. The van der Waals surface area contributed by atoms with Gasteiger partial charge in [0.1, 0.15) is 11.5 Å². The molecule has 6 heteroatoms. The summed E-state index contributed by atoms with van der Waals surface area (Å²) in [4.78, 5) is 12.6. The zero-order chi connectivity index (χ0) is 22.8. The van der Waals surface area contributed by atoms with E-state index in [2.05, 4.69) is 29.7 Å². The van der Waals surface area contributed by atoms with E-state index in [0.717, 1.165) is 24.3 Å². The van der Waals surface area contributed by atoms with E-state index in [1.165, 1.54) is 5.56 Å². The van der Waals surface area contributed by atoms with Crippen LogP contribution < -0.4 is 20.1 Å². The van der Waals surface area contributed by atoms with E-state index in [1.807, 2.05) is 55.5 Å². The maximum atomic E-state index is 12.6. The first-order chi connectivity index (χ1) is 15.5. The van der Waals surface area contributed by atoms with Crippen LogP contribution in [0.4, 0.5) is 5.69 Å². The summed E-state index contributed by atoms with van der Waals surface area (Å²) in [6.07, 6.45) is 1.90. The number of carbonyl (C=O) groups excluding carboxylic acids is 1. The molecule has 1 atom stereocenters. The summed E-state index contributed by atoms with van der Waals surface area (Å²) >= 11 is 5.29. The Hall–Kier alpha value is -3.38. The smallest absolute Gasteiger partial charge is 0.257 e. The lowest BCUT2D eigenvalue weighted by Gasteiger charge is -2.14. The van der Waals surface area contributed by atoms with Gasteiger partial charge in [0, 0.05) is 17.7 Å². The first-order valence-electron chi connectivity index (χ1n) is 10.7. The van der Waals surface area contributed by atoms with Crippen molar-refractivity contribution in [3.8, 4) is 11.5 Å². The summed E-state index contributed by atoms with van der Waals surface area (Å²) in [5.74, 6) is 1.14. The fourth-order valence-corrected chi connectivity index (χ4v) is 3.14. The quantitative estimate of drug-likeness (QED) is 0.417. The van der Waals surface area contributed by atoms with Gasteiger partial charge in [0.15, 0.2) is 5.11 Å². The van der Waals surface area contributed by atoms with Crippen molar-refractivity contribution in [1.29, 1.82) is 0 Å². The van der Waals surface area contributed by atoms with E-state index in [-0.39, 0.29) is 17.1 Å². The van der Waals surface area contributed by atoms with Crippen LogP contribution in [-0.4, -0.2) is 23.7 Å². The number of amides is 1. The van der Waals surface area contributed by atoms with Crippen LogP contribution in [0.15, 0.2) is 78.9 Å². The third-order valence-electron chi connectivity index (χ3n) is 4.85. The van der Waals surface area contributed by atoms with Gasteiger partial charge >= 0.3 is 0 Å². The second kappa shape index (κ2) is 11.9. The fraction of sp³-hybridized carbons (Fsp3) is 0.231. The van der Waals surface area contributed by atoms with E-state index >= 15 is 0 Å². The molecule has 3 rings (SSSR count). The Labute approximate surface area is 194 Å². The third kappa shape index (κ3) is 7.39. The van der Waals surface area contributed by atoms with E-state index in [0.29, 0.717) is 17.9 Å². The van der Waals surface area contributed by atoms with Gasteiger partial charge in [-0.25, -0.2) is 0 Å². The van der Waals surface area contributed by atoms with Gasteiger partial charge in [-0.1, -0.05) is 43.3 Å². The van der Waals surface area contributed by atoms with Crippen LogP contribution in [-0.2, 0) is 6.42 Å². The van der Waals surface area contributed by atoms with Crippen LogP contribution in [0.2, 0.25) is 0 Å². The Morgan fingerprint density at radius 3 is 2.44 bits per heavy atom. The number of rotatable bonds is 9. The minimum Gasteiger partial charge on any atom is -0.493 e. The van der Waals surface area contributed by atoms with E-state index < -0.39 is 0 Å². The predicted octanol–water partition coefficient (Wildman–Crippen LogP) is 5.61. The monoisotopic (exact) mass is 448 g/mol. The molecule has 3 aromatic rings. The molecule has 0 heterocycles. The Kier molecular flexibility index (Phi) is 8.63. The molecule has 0 bridgehead atoms. The maximum absolute atomic E-state index is 12.6. The van der Waals surface area contributed by atoms with Gasteiger partial charge in [-0.15, -0.1) is 0 Å². The maximum Gasteiger partial charge on any atom is 0.257 e. The molecular formula is C26H28N2O3S. The number of ether oxygens (including phenoxy) is 2. The first kappa shape index (κ1) is 23.3. The van der Waals surface area contributed by atoms with Crippen molar-refractivity contribution in [2.45, 2.75) is 32.8 Å². The third-order valence-corrected chi connectivity index (χ3v) is 5.05. The summed E-state index contributed by atoms with van der Waals surface area (Å²) in [7, 11) is 0. The summed E-state index contributed by atoms with van der Waals surface area (Å²) in [5.41, 5.74) is 2.45. The van der Waals surface area contributed by atoms with Gasteiger partial charge in [0.2, 0.25) is 0 Å². The van der Waals surface area contributed by atoms with E-state index in [9.17, 15) is 4.79 Å². The molecule has 0 fully saturated rings. The number of anilines is 1. The highest BCUT2D eigenvalue weighted by atomic mass is 32.1. The molecule has 0 aromatic heterocycles. The summed E-state index contributed by atoms with van der Waals surface area (Å²) in [5, 5.41) is 5.94. The van der Waals surface area contributed by atoms with Gasteiger partial charge < -0.3 is 14.8 Å². The molecule has 1 unspecified atom stereocenters. The highest BCUT2D eigenvalue weighted by Crippen LogP contribution is 2.18. The van der Waals surface area contributed by atoms with Crippen molar-refractivity contribution >= 4 is 28.9 Å². The van der Waals surface area contributed by atoms with Crippen LogP contribution >= 0.6 is 12.2 Å². The minimum absolute atomic E-state index is 0.159. The number of benzene rings is 3. The molecule has 0 saturated heterocycles. The fourth-order valence-electron chi connectivity index (χ4n) is 2.93. The summed E-state index contributed by atoms with van der Waals surface area (Å²) in [6, 6.07) is 24.6. The van der Waals surface area contributed by atoms with E-state index in [4.69, 9.17) is 21.7 Å². The molecular weight excluding hydrogens is 420 g/mol. The largest absolute Gasteiger partial charge is 0.493 e. The van der Waals surface area contributed by atoms with Crippen LogP contribution in [0.25, 0.3) is 0 Å². The second-order valence-electron chi connectivity index (χ2n) is 7.38. The van der Waals surface area contributed by atoms with Gasteiger partial charge in [-0.2, -0.15) is 0 Å². The Morgan fingerprint density at radius 1 is 0.969 bits per heavy atom. The molecule has 0 radical (unpaired) electrons. The highest BCUT2D eigenvalue weighted by molar-refractivity contribution is 7.80. The molecule has 5 nitrogen and oxygen atoms in total. The van der Waals surface area contributed by atoms with Gasteiger partial charge in [-0.3, -0.25) is 10.1 Å². The van der Waals surface area contributed by atoms with Crippen LogP contribution in [0.1, 0.15) is 36.2 Å². The lowest BCUT2D eigenvalue weighted by molar-refractivity contribution is 0.0977. The predicted molar refractivity (Wildman–Crippen MR) is 133 cm³/mol. The number of carbonyl (C=O) groups is 1. The molecule has 1 amide bonds. The van der Waals surface area contributed by atoms with Gasteiger partial charge in [0.05, 0.1) is 12.7 Å². The Bertz CT molecular complexity index is 1020. The Balaban J connectivity index is 1.49. The van der Waals surface area contributed by atoms with Crippen molar-refractivity contribution in [2.24, 2.45) is 0 Å². The van der Waals surface area contributed by atoms with Crippen molar-refractivity contribution in [3.05, 3.63) is 90.0 Å². The van der Waals surface area contributed by atoms with Crippen molar-refractivity contribution in [3.63, 3.8) is 0 Å². The normalized spacial score (nSPS) is 11.3. The molecule has 166 valence electrons. The number of hydrogen-bond donors (Lipinski definition) is 2. The number of thiocarbonyl (C=S) groups is 1. The average Bonchev–Trinajstić information content (AvgIpc) is 2.81. The van der Waals surface area contributed by atoms with E-state index in [1.54, 1.807) is 18.2 Å². The van der Waals surface area contributed by atoms with Gasteiger partial charge in [0.25, 0.3) is 5.91 Å². The second-order valence-corrected chi connectivity index (χ2v) is 7.79. The van der Waals surface area contributed by atoms with Gasteiger partial charge in [-0.05, 0) is 73.6 Å². The van der Waals surface area contributed by atoms with Crippen molar-refractivity contribution in [2.75, 3.05) is 11.9 Å². The van der Waals surface area contributed by atoms with Crippen molar-refractivity contribution in [1.82, 2.24) is 5.32 Å². The molecule has 3 aromatic carbocycles. The topological polar surface area (TPSA) is 59.6 Å². The standard InChI is InChI=1S/C26H28N2O3S/c1-3-19(2)31-23-14-12-22(13-15-23)27-26(32)28-25(29)21-10-7-11-24(18-21)30-17-16-20-8-5-4-6-9-20/h4-15,18-19H,3,16-17H2,1-2H3,(H2,27,28,29,32). The SMILES string of the molecule is CCC(C)Oc1ccc(NC(=S)NC(=O)c2cccc(OCCc3ccccc3)c2)cc1. The van der Waals surface area contributed by atoms with Crippen LogP contribution in [0.5, 0.6) is 11.5 Å². The lowest BCUT2D eigenvalue weighted by atomic mass is 10.2. The molecule has 0 saturated carbocycles. The molecule has 0 aliphatic heterocycles.